The molecule has 0 aliphatic rings. The minimum absolute atomic E-state index is 1.14. The monoisotopic (exact) mass is 222 g/mol. The van der Waals surface area contributed by atoms with Crippen molar-refractivity contribution >= 4 is 0 Å². The minimum atomic E-state index is 1.14. The molecule has 0 spiro atoms. The predicted octanol–water partition coefficient (Wildman–Crippen LogP) is 6.11. The molecule has 0 aromatic rings. The molecule has 94 valence electrons. The first-order chi connectivity index (χ1) is 7.79. The zero-order chi connectivity index (χ0) is 14.0. The van der Waals surface area contributed by atoms with Crippen LogP contribution in [0.5, 0.6) is 0 Å². The van der Waals surface area contributed by atoms with E-state index in [-0.39, 0.29) is 0 Å². The van der Waals surface area contributed by atoms with Crippen molar-refractivity contribution in [2.75, 3.05) is 0 Å². The minimum Gasteiger partial charge on any atom is -0.106 e. The van der Waals surface area contributed by atoms with E-state index in [2.05, 4.69) is 26.3 Å². The first kappa shape index (κ1) is 24.1. The van der Waals surface area contributed by atoms with Gasteiger partial charge < -0.3 is 0 Å². The van der Waals surface area contributed by atoms with Gasteiger partial charge in [0, 0.05) is 0 Å². The Balaban J connectivity index is -0.000000103. The molecule has 0 heteroatoms. The quantitative estimate of drug-likeness (QED) is 0.399. The highest BCUT2D eigenvalue weighted by atomic mass is 14.0. The lowest BCUT2D eigenvalue weighted by atomic mass is 10.1. The van der Waals surface area contributed by atoms with Crippen LogP contribution >= 0.6 is 0 Å². The van der Waals surface area contributed by atoms with Crippen LogP contribution in [-0.4, -0.2) is 0 Å². The second-order valence-electron chi connectivity index (χ2n) is 1.90. The van der Waals surface area contributed by atoms with Crippen LogP contribution in [-0.2, 0) is 0 Å². The van der Waals surface area contributed by atoms with E-state index in [9.17, 15) is 0 Å². The Morgan fingerprint density at radius 1 is 0.688 bits per heavy atom. The van der Waals surface area contributed by atoms with Crippen LogP contribution in [0, 0.1) is 0 Å². The van der Waals surface area contributed by atoms with Gasteiger partial charge in [0.05, 0.1) is 0 Å². The van der Waals surface area contributed by atoms with E-state index in [1.165, 1.54) is 0 Å². The Morgan fingerprint density at radius 3 is 0.938 bits per heavy atom. The second-order valence-corrected chi connectivity index (χ2v) is 1.90. The van der Waals surface area contributed by atoms with Crippen molar-refractivity contribution in [3.05, 3.63) is 61.8 Å². The summed E-state index contributed by atoms with van der Waals surface area (Å²) in [6.07, 6.45) is 7.70. The van der Waals surface area contributed by atoms with Crippen molar-refractivity contribution in [2.45, 2.75) is 41.5 Å². The summed E-state index contributed by atoms with van der Waals surface area (Å²) in [7, 11) is 0. The van der Waals surface area contributed by atoms with Crippen LogP contribution in [0.15, 0.2) is 61.8 Å². The van der Waals surface area contributed by atoms with Crippen LogP contribution in [0.4, 0.5) is 0 Å². The molecule has 0 fully saturated rings. The Morgan fingerprint density at radius 2 is 0.875 bits per heavy atom. The van der Waals surface area contributed by atoms with E-state index in [1.54, 1.807) is 0 Å². The second kappa shape index (κ2) is 29.2. The molecule has 0 amide bonds. The van der Waals surface area contributed by atoms with Crippen LogP contribution in [0.1, 0.15) is 41.5 Å². The molecule has 0 atom stereocenters. The highest BCUT2D eigenvalue weighted by Crippen LogP contribution is 2.10. The summed E-state index contributed by atoms with van der Waals surface area (Å²) in [5.74, 6) is 0. The molecule has 0 bridgehead atoms. The molecule has 0 heterocycles. The van der Waals surface area contributed by atoms with Gasteiger partial charge in [-0.2, -0.15) is 0 Å². The van der Waals surface area contributed by atoms with Crippen LogP contribution in [0.2, 0.25) is 0 Å². The van der Waals surface area contributed by atoms with Gasteiger partial charge in [0.2, 0.25) is 0 Å². The van der Waals surface area contributed by atoms with Crippen molar-refractivity contribution in [2.24, 2.45) is 0 Å². The third-order valence-corrected chi connectivity index (χ3v) is 1.40. The van der Waals surface area contributed by atoms with Crippen molar-refractivity contribution in [1.82, 2.24) is 0 Å². The molecular weight excluding hydrogens is 192 g/mol. The lowest BCUT2D eigenvalue weighted by Crippen LogP contribution is -1.79. The Bertz CT molecular complexity index is 170. The lowest BCUT2D eigenvalue weighted by molar-refractivity contribution is 1.48. The first-order valence-corrected chi connectivity index (χ1v) is 5.88. The normalized spacial score (nSPS) is 9.12. The molecule has 0 rings (SSSR count). The topological polar surface area (TPSA) is 0 Å². The fraction of sp³-hybridized carbons (Fsp3) is 0.375. The Hall–Kier alpha value is -1.30. The molecule has 0 N–H and O–H groups in total. The van der Waals surface area contributed by atoms with Crippen molar-refractivity contribution < 1.29 is 0 Å². The fourth-order valence-electron chi connectivity index (χ4n) is 0.805. The lowest BCUT2D eigenvalue weighted by Gasteiger charge is -1.98. The molecule has 0 saturated heterocycles. The molecular formula is C16H30. The Labute approximate surface area is 104 Å². The zero-order valence-electron chi connectivity index (χ0n) is 12.1. The standard InChI is InChI=1S/C10H14.2C2H6.C2H4/c1-5-9(6-2)10(7-3)8-4;3*1-2/h5-8H,1,3H2,2,4H3;2*1-2H3;1-2H2/b9-6-,10-8-;;;. The summed E-state index contributed by atoms with van der Waals surface area (Å²) in [6, 6.07) is 0. The maximum atomic E-state index is 3.69. The molecule has 0 aliphatic carbocycles. The molecule has 0 unspecified atom stereocenters. The fourth-order valence-corrected chi connectivity index (χ4v) is 0.805. The maximum absolute atomic E-state index is 3.69. The van der Waals surface area contributed by atoms with Gasteiger partial charge in [-0.15, -0.1) is 13.2 Å². The number of rotatable bonds is 3. The van der Waals surface area contributed by atoms with Crippen molar-refractivity contribution in [1.29, 1.82) is 0 Å². The van der Waals surface area contributed by atoms with Crippen LogP contribution < -0.4 is 0 Å². The summed E-state index contributed by atoms with van der Waals surface area (Å²) < 4.78 is 0. The average molecular weight is 222 g/mol. The van der Waals surface area contributed by atoms with E-state index in [0.717, 1.165) is 11.1 Å². The average Bonchev–Trinajstić information content (AvgIpc) is 2.42. The number of allylic oxidation sites excluding steroid dienone is 6. The third-order valence-electron chi connectivity index (χ3n) is 1.40. The Kier molecular flexibility index (Phi) is 44.0. The molecule has 0 nitrogen and oxygen atoms in total. The van der Waals surface area contributed by atoms with E-state index < -0.39 is 0 Å². The molecule has 0 aromatic carbocycles. The van der Waals surface area contributed by atoms with Gasteiger partial charge in [0.25, 0.3) is 0 Å². The molecule has 0 radical (unpaired) electrons. The number of hydrogen-bond donors (Lipinski definition) is 0. The maximum Gasteiger partial charge on any atom is -0.0236 e. The van der Waals surface area contributed by atoms with Gasteiger partial charge in [-0.1, -0.05) is 65.2 Å². The van der Waals surface area contributed by atoms with Crippen molar-refractivity contribution in [3.63, 3.8) is 0 Å². The molecule has 0 aromatic heterocycles. The SMILES string of the molecule is C=C.C=CC(=C/C)/C(C=C)=C\C.CC.CC. The van der Waals surface area contributed by atoms with Crippen LogP contribution in [0.25, 0.3) is 0 Å². The highest BCUT2D eigenvalue weighted by Gasteiger charge is 1.91. The summed E-state index contributed by atoms with van der Waals surface area (Å²) >= 11 is 0. The third kappa shape index (κ3) is 15.2. The summed E-state index contributed by atoms with van der Waals surface area (Å²) in [4.78, 5) is 0. The highest BCUT2D eigenvalue weighted by molar-refractivity contribution is 5.44. The van der Waals surface area contributed by atoms with Gasteiger partial charge in [-0.05, 0) is 25.0 Å². The molecule has 0 saturated carbocycles. The predicted molar refractivity (Wildman–Crippen MR) is 81.9 cm³/mol. The number of hydrogen-bond acceptors (Lipinski definition) is 0. The first-order valence-electron chi connectivity index (χ1n) is 5.88. The largest absolute Gasteiger partial charge is 0.106 e. The van der Waals surface area contributed by atoms with E-state index in [4.69, 9.17) is 0 Å². The van der Waals surface area contributed by atoms with Crippen molar-refractivity contribution in [3.8, 4) is 0 Å². The zero-order valence-corrected chi connectivity index (χ0v) is 12.1. The van der Waals surface area contributed by atoms with Crippen LogP contribution in [0.3, 0.4) is 0 Å². The summed E-state index contributed by atoms with van der Waals surface area (Å²) in [5, 5.41) is 0. The summed E-state index contributed by atoms with van der Waals surface area (Å²) in [6.45, 7) is 25.4. The van der Waals surface area contributed by atoms with Gasteiger partial charge in [-0.25, -0.2) is 0 Å². The van der Waals surface area contributed by atoms with Gasteiger partial charge in [0.1, 0.15) is 0 Å². The smallest absolute Gasteiger partial charge is 0.0236 e. The van der Waals surface area contributed by atoms with E-state index in [1.807, 2.05) is 65.8 Å². The summed E-state index contributed by atoms with van der Waals surface area (Å²) in [5.41, 5.74) is 2.27. The van der Waals surface area contributed by atoms with E-state index in [0.29, 0.717) is 0 Å². The van der Waals surface area contributed by atoms with Gasteiger partial charge in [0.15, 0.2) is 0 Å². The van der Waals surface area contributed by atoms with Gasteiger partial charge >= 0.3 is 0 Å². The van der Waals surface area contributed by atoms with E-state index >= 15 is 0 Å². The van der Waals surface area contributed by atoms with Gasteiger partial charge in [-0.3, -0.25) is 0 Å². The molecule has 0 aliphatic heterocycles. The molecule has 16 heavy (non-hydrogen) atoms.